The van der Waals surface area contributed by atoms with Crippen LogP contribution in [0.1, 0.15) is 53.9 Å². The van der Waals surface area contributed by atoms with Crippen molar-refractivity contribution in [3.8, 4) is 0 Å². The largest absolute Gasteiger partial charge is 0.454 e. The minimum absolute atomic E-state index is 0.228. The van der Waals surface area contributed by atoms with Crippen molar-refractivity contribution >= 4 is 11.8 Å². The smallest absolute Gasteiger partial charge is 0.331 e. The van der Waals surface area contributed by atoms with E-state index < -0.39 is 25.0 Å². The maximum absolute atomic E-state index is 11.5. The van der Waals surface area contributed by atoms with Crippen molar-refractivity contribution in [2.45, 2.75) is 53.9 Å². The van der Waals surface area contributed by atoms with Gasteiger partial charge in [0.15, 0.2) is 12.4 Å². The minimum atomic E-state index is -0.624. The second-order valence-electron chi connectivity index (χ2n) is 7.73. The van der Waals surface area contributed by atoms with E-state index in [1.165, 1.54) is 36.5 Å². The van der Waals surface area contributed by atoms with E-state index in [-0.39, 0.29) is 5.41 Å². The molecule has 0 atom stereocenters. The molecule has 0 aromatic rings. The Balaban J connectivity index is 2.66. The van der Waals surface area contributed by atoms with Gasteiger partial charge < -0.3 is 9.84 Å². The van der Waals surface area contributed by atoms with Crippen LogP contribution in [-0.4, -0.2) is 30.1 Å². The fourth-order valence-electron chi connectivity index (χ4n) is 3.11. The maximum Gasteiger partial charge on any atom is 0.331 e. The minimum Gasteiger partial charge on any atom is -0.454 e. The summed E-state index contributed by atoms with van der Waals surface area (Å²) in [5.41, 5.74) is 4.98. The zero-order chi connectivity index (χ0) is 20.4. The molecule has 0 saturated carbocycles. The Morgan fingerprint density at radius 1 is 1.19 bits per heavy atom. The van der Waals surface area contributed by atoms with Crippen LogP contribution >= 0.6 is 0 Å². The summed E-state index contributed by atoms with van der Waals surface area (Å²) in [6, 6.07) is 0. The number of ether oxygens (including phenoxy) is 1. The van der Waals surface area contributed by atoms with Crippen molar-refractivity contribution < 1.29 is 19.4 Å². The summed E-state index contributed by atoms with van der Waals surface area (Å²) in [6.07, 6.45) is 15.0. The number of allylic oxidation sites excluding steroid dienone is 9. The SMILES string of the molecule is CC(C=C/C=C(/C)C=CC1=C(C)CCCC1(C)C)=CC(=O)OCC(=O)CO. The van der Waals surface area contributed by atoms with Crippen LogP contribution in [0.4, 0.5) is 0 Å². The molecular weight excluding hydrogens is 340 g/mol. The van der Waals surface area contributed by atoms with E-state index in [1.54, 1.807) is 6.92 Å². The van der Waals surface area contributed by atoms with Gasteiger partial charge in [0.1, 0.15) is 6.61 Å². The maximum atomic E-state index is 11.5. The van der Waals surface area contributed by atoms with Gasteiger partial charge in [-0.05, 0) is 56.6 Å². The zero-order valence-corrected chi connectivity index (χ0v) is 17.2. The first-order chi connectivity index (χ1) is 12.7. The summed E-state index contributed by atoms with van der Waals surface area (Å²) in [5.74, 6) is -1.12. The first-order valence-corrected chi connectivity index (χ1v) is 9.36. The molecule has 0 bridgehead atoms. The number of carbonyl (C=O) groups is 2. The summed E-state index contributed by atoms with van der Waals surface area (Å²) in [5, 5.41) is 8.59. The number of aliphatic hydroxyl groups excluding tert-OH is 1. The number of aliphatic hydroxyl groups is 1. The molecule has 0 fully saturated rings. The normalized spacial score (nSPS) is 18.4. The van der Waals surface area contributed by atoms with E-state index in [9.17, 15) is 9.59 Å². The molecule has 0 amide bonds. The Hall–Kier alpha value is -2.20. The first kappa shape index (κ1) is 22.8. The highest BCUT2D eigenvalue weighted by atomic mass is 16.5. The molecule has 4 nitrogen and oxygen atoms in total. The molecule has 1 rings (SSSR count). The fourth-order valence-corrected chi connectivity index (χ4v) is 3.11. The van der Waals surface area contributed by atoms with Gasteiger partial charge >= 0.3 is 5.97 Å². The molecule has 0 heterocycles. The zero-order valence-electron chi connectivity index (χ0n) is 17.2. The van der Waals surface area contributed by atoms with E-state index in [2.05, 4.69) is 32.9 Å². The Morgan fingerprint density at radius 3 is 2.52 bits per heavy atom. The van der Waals surface area contributed by atoms with Crippen molar-refractivity contribution in [2.24, 2.45) is 5.41 Å². The van der Waals surface area contributed by atoms with Gasteiger partial charge in [-0.1, -0.05) is 55.4 Å². The summed E-state index contributed by atoms with van der Waals surface area (Å²) in [7, 11) is 0. The number of hydrogen-bond donors (Lipinski definition) is 1. The average molecular weight is 373 g/mol. The highest BCUT2D eigenvalue weighted by molar-refractivity contribution is 5.87. The summed E-state index contributed by atoms with van der Waals surface area (Å²) < 4.78 is 4.74. The topological polar surface area (TPSA) is 63.6 Å². The lowest BCUT2D eigenvalue weighted by atomic mass is 9.72. The third kappa shape index (κ3) is 8.35. The van der Waals surface area contributed by atoms with Crippen LogP contribution in [0.15, 0.2) is 58.7 Å². The standard InChI is InChI=1S/C23H32O4/c1-17(11-12-21-19(3)10-7-13-23(21,4)5)8-6-9-18(2)14-22(26)27-16-20(25)15-24/h6,8-9,11-12,14,24H,7,10,13,15-16H2,1-5H3/b9-6?,12-11?,17-8-,18-14?. The number of hydrogen-bond acceptors (Lipinski definition) is 4. The van der Waals surface area contributed by atoms with Crippen LogP contribution in [0.25, 0.3) is 0 Å². The number of ketones is 1. The molecule has 0 aromatic carbocycles. The van der Waals surface area contributed by atoms with Gasteiger partial charge in [-0.15, -0.1) is 0 Å². The number of carbonyl (C=O) groups excluding carboxylic acids is 2. The molecule has 0 aromatic heterocycles. The monoisotopic (exact) mass is 372 g/mol. The van der Waals surface area contributed by atoms with Crippen molar-refractivity contribution in [1.29, 1.82) is 0 Å². The van der Waals surface area contributed by atoms with Gasteiger partial charge in [-0.3, -0.25) is 4.79 Å². The Kier molecular flexibility index (Phi) is 9.16. The highest BCUT2D eigenvalue weighted by Crippen LogP contribution is 2.40. The van der Waals surface area contributed by atoms with E-state index in [1.807, 2.05) is 25.2 Å². The third-order valence-electron chi connectivity index (χ3n) is 4.67. The molecule has 1 aliphatic rings. The second kappa shape index (κ2) is 10.8. The van der Waals surface area contributed by atoms with E-state index in [4.69, 9.17) is 9.84 Å². The lowest BCUT2D eigenvalue weighted by molar-refractivity contribution is -0.143. The van der Waals surface area contributed by atoms with Crippen molar-refractivity contribution in [2.75, 3.05) is 13.2 Å². The molecule has 4 heteroatoms. The molecule has 0 spiro atoms. The van der Waals surface area contributed by atoms with Crippen LogP contribution < -0.4 is 0 Å². The van der Waals surface area contributed by atoms with Crippen LogP contribution in [0, 0.1) is 5.41 Å². The molecule has 1 N–H and O–H groups in total. The Bertz CT molecular complexity index is 700. The predicted octanol–water partition coefficient (Wildman–Crippen LogP) is 4.62. The summed E-state index contributed by atoms with van der Waals surface area (Å²) >= 11 is 0. The third-order valence-corrected chi connectivity index (χ3v) is 4.67. The van der Waals surface area contributed by atoms with E-state index in [0.717, 1.165) is 11.1 Å². The van der Waals surface area contributed by atoms with Gasteiger partial charge in [0, 0.05) is 6.08 Å². The van der Waals surface area contributed by atoms with Crippen molar-refractivity contribution in [3.63, 3.8) is 0 Å². The van der Waals surface area contributed by atoms with Crippen LogP contribution in [0.3, 0.4) is 0 Å². The van der Waals surface area contributed by atoms with Crippen molar-refractivity contribution in [1.82, 2.24) is 0 Å². The van der Waals surface area contributed by atoms with Gasteiger partial charge in [-0.25, -0.2) is 4.79 Å². The number of esters is 1. The molecule has 0 saturated heterocycles. The van der Waals surface area contributed by atoms with E-state index in [0.29, 0.717) is 0 Å². The molecule has 0 unspecified atom stereocenters. The number of Topliss-reactive ketones (excluding diaryl/α,β-unsaturated/α-hetero) is 1. The predicted molar refractivity (Wildman–Crippen MR) is 109 cm³/mol. The molecule has 1 aliphatic carbocycles. The average Bonchev–Trinajstić information content (AvgIpc) is 2.58. The molecule has 0 radical (unpaired) electrons. The molecule has 27 heavy (non-hydrogen) atoms. The fraction of sp³-hybridized carbons (Fsp3) is 0.478. The molecule has 148 valence electrons. The van der Waals surface area contributed by atoms with Crippen LogP contribution in [0.2, 0.25) is 0 Å². The molecule has 0 aliphatic heterocycles. The number of rotatable bonds is 8. The summed E-state index contributed by atoms with van der Waals surface area (Å²) in [6.45, 7) is 9.62. The Labute approximate surface area is 163 Å². The van der Waals surface area contributed by atoms with E-state index >= 15 is 0 Å². The van der Waals surface area contributed by atoms with Gasteiger partial charge in [0.25, 0.3) is 0 Å². The second-order valence-corrected chi connectivity index (χ2v) is 7.73. The van der Waals surface area contributed by atoms with Gasteiger partial charge in [0.05, 0.1) is 0 Å². The lowest BCUT2D eigenvalue weighted by Gasteiger charge is -2.32. The summed E-state index contributed by atoms with van der Waals surface area (Å²) in [4.78, 5) is 22.4. The van der Waals surface area contributed by atoms with Crippen molar-refractivity contribution in [3.05, 3.63) is 58.7 Å². The van der Waals surface area contributed by atoms with Gasteiger partial charge in [-0.2, -0.15) is 0 Å². The first-order valence-electron chi connectivity index (χ1n) is 9.36. The highest BCUT2D eigenvalue weighted by Gasteiger charge is 2.26. The Morgan fingerprint density at radius 2 is 1.89 bits per heavy atom. The van der Waals surface area contributed by atoms with Gasteiger partial charge in [0.2, 0.25) is 0 Å². The molecular formula is C23H32O4. The van der Waals surface area contributed by atoms with Crippen LogP contribution in [-0.2, 0) is 14.3 Å². The quantitative estimate of drug-likeness (QED) is 0.383. The van der Waals surface area contributed by atoms with Crippen LogP contribution in [0.5, 0.6) is 0 Å². The lowest BCUT2D eigenvalue weighted by Crippen LogP contribution is -2.19.